The summed E-state index contributed by atoms with van der Waals surface area (Å²) in [5.74, 6) is -0.899. The van der Waals surface area contributed by atoms with Crippen LogP contribution in [0.4, 0.5) is 4.39 Å². The summed E-state index contributed by atoms with van der Waals surface area (Å²) < 4.78 is 14.3. The van der Waals surface area contributed by atoms with Crippen molar-refractivity contribution in [3.05, 3.63) is 107 Å². The van der Waals surface area contributed by atoms with E-state index in [-0.39, 0.29) is 24.8 Å². The number of carbonyl (C=O) groups excluding carboxylic acids is 2. The fraction of sp³-hybridized carbons (Fsp3) is 0.286. The lowest BCUT2D eigenvalue weighted by Gasteiger charge is -2.32. The van der Waals surface area contributed by atoms with Crippen LogP contribution in [0.25, 0.3) is 0 Å². The zero-order valence-corrected chi connectivity index (χ0v) is 19.3. The van der Waals surface area contributed by atoms with Crippen molar-refractivity contribution in [3.8, 4) is 0 Å². The SMILES string of the molecule is CCCNC(=O)[C@H](Cc1ccccc1)N(Cc1ccccc1C)C(=O)Cc1ccccc1F. The summed E-state index contributed by atoms with van der Waals surface area (Å²) in [5, 5.41) is 2.96. The Bertz CT molecular complexity index is 1070. The molecule has 0 radical (unpaired) electrons. The number of rotatable bonds is 10. The number of nitrogens with one attached hydrogen (secondary N) is 1. The van der Waals surface area contributed by atoms with Crippen LogP contribution < -0.4 is 5.32 Å². The van der Waals surface area contributed by atoms with Gasteiger partial charge in [-0.05, 0) is 41.7 Å². The van der Waals surface area contributed by atoms with E-state index in [1.54, 1.807) is 23.1 Å². The maximum atomic E-state index is 14.3. The predicted molar refractivity (Wildman–Crippen MR) is 129 cm³/mol. The van der Waals surface area contributed by atoms with E-state index >= 15 is 0 Å². The number of benzene rings is 3. The summed E-state index contributed by atoms with van der Waals surface area (Å²) in [4.78, 5) is 28.4. The maximum absolute atomic E-state index is 14.3. The van der Waals surface area contributed by atoms with E-state index in [0.29, 0.717) is 18.5 Å². The Hall–Kier alpha value is -3.47. The molecule has 0 aliphatic heterocycles. The van der Waals surface area contributed by atoms with Gasteiger partial charge >= 0.3 is 0 Å². The first-order chi connectivity index (χ1) is 16.0. The minimum absolute atomic E-state index is 0.106. The molecule has 0 aliphatic carbocycles. The standard InChI is InChI=1S/C28H31FN2O2/c1-3-17-30-28(33)26(18-22-12-5-4-6-13-22)31(20-24-15-8-7-11-21(24)2)27(32)19-23-14-9-10-16-25(23)29/h4-16,26H,3,17-20H2,1-2H3,(H,30,33)/t26-/m0/s1. The summed E-state index contributed by atoms with van der Waals surface area (Å²) >= 11 is 0. The van der Waals surface area contributed by atoms with E-state index in [2.05, 4.69) is 5.32 Å². The summed E-state index contributed by atoms with van der Waals surface area (Å²) in [6, 6.07) is 23.0. The van der Waals surface area contributed by atoms with E-state index in [0.717, 1.165) is 23.1 Å². The van der Waals surface area contributed by atoms with Crippen LogP contribution in [-0.4, -0.2) is 29.3 Å². The zero-order valence-electron chi connectivity index (χ0n) is 19.3. The third-order valence-corrected chi connectivity index (χ3v) is 5.72. The van der Waals surface area contributed by atoms with Gasteiger partial charge in [-0.3, -0.25) is 9.59 Å². The molecular weight excluding hydrogens is 415 g/mol. The lowest BCUT2D eigenvalue weighted by Crippen LogP contribution is -2.51. The van der Waals surface area contributed by atoms with Crippen molar-refractivity contribution >= 4 is 11.8 Å². The van der Waals surface area contributed by atoms with Crippen LogP contribution in [-0.2, 0) is 29.0 Å². The Kier molecular flexibility index (Phi) is 8.76. The Labute approximate surface area is 195 Å². The Morgan fingerprint density at radius 3 is 2.21 bits per heavy atom. The van der Waals surface area contributed by atoms with Gasteiger partial charge in [0.2, 0.25) is 11.8 Å². The Morgan fingerprint density at radius 2 is 1.55 bits per heavy atom. The van der Waals surface area contributed by atoms with Crippen molar-refractivity contribution in [2.75, 3.05) is 6.54 Å². The summed E-state index contributed by atoms with van der Waals surface area (Å²) in [6.45, 7) is 4.78. The zero-order chi connectivity index (χ0) is 23.6. The number of carbonyl (C=O) groups is 2. The molecule has 0 unspecified atom stereocenters. The highest BCUT2D eigenvalue weighted by atomic mass is 19.1. The molecule has 3 rings (SSSR count). The molecule has 4 nitrogen and oxygen atoms in total. The van der Waals surface area contributed by atoms with Crippen molar-refractivity contribution in [3.63, 3.8) is 0 Å². The van der Waals surface area contributed by atoms with Crippen molar-refractivity contribution in [1.82, 2.24) is 10.2 Å². The molecule has 1 atom stereocenters. The molecule has 5 heteroatoms. The normalized spacial score (nSPS) is 11.6. The first-order valence-corrected chi connectivity index (χ1v) is 11.4. The Morgan fingerprint density at radius 1 is 0.909 bits per heavy atom. The second kappa shape index (κ2) is 12.0. The molecule has 0 fully saturated rings. The van der Waals surface area contributed by atoms with Gasteiger partial charge < -0.3 is 10.2 Å². The lowest BCUT2D eigenvalue weighted by molar-refractivity contribution is -0.140. The molecule has 1 N–H and O–H groups in total. The van der Waals surface area contributed by atoms with Gasteiger partial charge in [-0.2, -0.15) is 0 Å². The minimum atomic E-state index is -0.710. The largest absolute Gasteiger partial charge is 0.354 e. The van der Waals surface area contributed by atoms with E-state index in [1.165, 1.54) is 6.07 Å². The monoisotopic (exact) mass is 446 g/mol. The van der Waals surface area contributed by atoms with Gasteiger partial charge in [-0.1, -0.05) is 79.7 Å². The fourth-order valence-corrected chi connectivity index (χ4v) is 3.80. The fourth-order valence-electron chi connectivity index (χ4n) is 3.80. The minimum Gasteiger partial charge on any atom is -0.354 e. The van der Waals surface area contributed by atoms with Crippen LogP contribution in [0.1, 0.15) is 35.6 Å². The highest BCUT2D eigenvalue weighted by Gasteiger charge is 2.30. The van der Waals surface area contributed by atoms with Crippen molar-refractivity contribution in [2.45, 2.75) is 45.7 Å². The third kappa shape index (κ3) is 6.75. The van der Waals surface area contributed by atoms with E-state index in [9.17, 15) is 14.0 Å². The molecule has 0 aromatic heterocycles. The van der Waals surface area contributed by atoms with Crippen LogP contribution in [0.15, 0.2) is 78.9 Å². The highest BCUT2D eigenvalue weighted by molar-refractivity contribution is 5.88. The predicted octanol–water partition coefficient (Wildman–Crippen LogP) is 4.84. The van der Waals surface area contributed by atoms with Crippen molar-refractivity contribution in [2.24, 2.45) is 0 Å². The maximum Gasteiger partial charge on any atom is 0.243 e. The number of nitrogens with zero attached hydrogens (tertiary/aromatic N) is 1. The summed E-state index contributed by atoms with van der Waals surface area (Å²) in [5.41, 5.74) is 3.28. The number of aryl methyl sites for hydroxylation is 1. The molecule has 0 spiro atoms. The second-order valence-electron chi connectivity index (χ2n) is 8.21. The van der Waals surface area contributed by atoms with Gasteiger partial charge in [0.25, 0.3) is 0 Å². The van der Waals surface area contributed by atoms with E-state index < -0.39 is 11.9 Å². The number of hydrogen-bond donors (Lipinski definition) is 1. The van der Waals surface area contributed by atoms with Gasteiger partial charge in [0.15, 0.2) is 0 Å². The molecule has 172 valence electrons. The first-order valence-electron chi connectivity index (χ1n) is 11.4. The molecule has 0 saturated carbocycles. The summed E-state index contributed by atoms with van der Waals surface area (Å²) in [6.07, 6.45) is 1.07. The molecule has 0 heterocycles. The number of halogens is 1. The topological polar surface area (TPSA) is 49.4 Å². The molecule has 3 aromatic carbocycles. The Balaban J connectivity index is 1.97. The van der Waals surface area contributed by atoms with Gasteiger partial charge in [0.05, 0.1) is 6.42 Å². The van der Waals surface area contributed by atoms with Crippen LogP contribution >= 0.6 is 0 Å². The molecule has 2 amide bonds. The van der Waals surface area contributed by atoms with Crippen molar-refractivity contribution in [1.29, 1.82) is 0 Å². The second-order valence-corrected chi connectivity index (χ2v) is 8.21. The van der Waals surface area contributed by atoms with Gasteiger partial charge in [-0.25, -0.2) is 4.39 Å². The first kappa shape index (κ1) is 24.2. The third-order valence-electron chi connectivity index (χ3n) is 5.72. The van der Waals surface area contributed by atoms with Crippen LogP contribution in [0.3, 0.4) is 0 Å². The van der Waals surface area contributed by atoms with Crippen molar-refractivity contribution < 1.29 is 14.0 Å². The molecule has 3 aromatic rings. The lowest BCUT2D eigenvalue weighted by atomic mass is 10.0. The summed E-state index contributed by atoms with van der Waals surface area (Å²) in [7, 11) is 0. The number of amides is 2. The highest BCUT2D eigenvalue weighted by Crippen LogP contribution is 2.19. The smallest absolute Gasteiger partial charge is 0.243 e. The van der Waals surface area contributed by atoms with Crippen LogP contribution in [0.2, 0.25) is 0 Å². The van der Waals surface area contributed by atoms with E-state index in [4.69, 9.17) is 0 Å². The van der Waals surface area contributed by atoms with Gasteiger partial charge in [-0.15, -0.1) is 0 Å². The van der Waals surface area contributed by atoms with Crippen LogP contribution in [0, 0.1) is 12.7 Å². The quantitative estimate of drug-likeness (QED) is 0.484. The average Bonchev–Trinajstić information content (AvgIpc) is 2.83. The molecule has 0 bridgehead atoms. The van der Waals surface area contributed by atoms with Gasteiger partial charge in [0.1, 0.15) is 11.9 Å². The molecule has 33 heavy (non-hydrogen) atoms. The van der Waals surface area contributed by atoms with Crippen LogP contribution in [0.5, 0.6) is 0 Å². The number of hydrogen-bond acceptors (Lipinski definition) is 2. The van der Waals surface area contributed by atoms with Gasteiger partial charge in [0, 0.05) is 19.5 Å². The van der Waals surface area contributed by atoms with E-state index in [1.807, 2.05) is 68.4 Å². The average molecular weight is 447 g/mol. The molecule has 0 saturated heterocycles. The molecule has 0 aliphatic rings. The molecular formula is C28H31FN2O2.